The second-order valence-corrected chi connectivity index (χ2v) is 8.80. The van der Waals surface area contributed by atoms with Crippen LogP contribution in [0.2, 0.25) is 0 Å². The first-order valence-corrected chi connectivity index (χ1v) is 10.2. The highest BCUT2D eigenvalue weighted by Crippen LogP contribution is 2.27. The van der Waals surface area contributed by atoms with Crippen molar-refractivity contribution in [3.8, 4) is 0 Å². The van der Waals surface area contributed by atoms with Crippen LogP contribution in [0.4, 0.5) is 0 Å². The van der Waals surface area contributed by atoms with E-state index in [2.05, 4.69) is 66.2 Å². The van der Waals surface area contributed by atoms with E-state index in [1.54, 1.807) is 0 Å². The van der Waals surface area contributed by atoms with Crippen LogP contribution in [0.1, 0.15) is 45.6 Å². The lowest BCUT2D eigenvalue weighted by Gasteiger charge is -2.47. The Bertz CT molecular complexity index is 580. The number of carbonyl (C=O) groups excluding carboxylic acids is 1. The number of piperidine rings is 1. The van der Waals surface area contributed by atoms with Gasteiger partial charge < -0.3 is 10.2 Å². The molecule has 2 aliphatic heterocycles. The number of hydrogen-bond acceptors (Lipinski definition) is 3. The van der Waals surface area contributed by atoms with Gasteiger partial charge in [0.15, 0.2) is 0 Å². The minimum Gasteiger partial charge on any atom is -0.340 e. The highest BCUT2D eigenvalue weighted by Gasteiger charge is 2.36. The van der Waals surface area contributed by atoms with Crippen molar-refractivity contribution >= 4 is 5.91 Å². The van der Waals surface area contributed by atoms with Crippen LogP contribution in [0.15, 0.2) is 30.3 Å². The summed E-state index contributed by atoms with van der Waals surface area (Å²) in [6.07, 6.45) is 3.13. The van der Waals surface area contributed by atoms with Gasteiger partial charge in [-0.15, -0.1) is 0 Å². The smallest absolute Gasteiger partial charge is 0.222 e. The maximum absolute atomic E-state index is 12.9. The van der Waals surface area contributed by atoms with Gasteiger partial charge in [-0.1, -0.05) is 37.3 Å². The van der Waals surface area contributed by atoms with Gasteiger partial charge in [-0.2, -0.15) is 0 Å². The van der Waals surface area contributed by atoms with Crippen molar-refractivity contribution in [2.45, 2.75) is 52.1 Å². The van der Waals surface area contributed by atoms with Gasteiger partial charge in [-0.05, 0) is 57.2 Å². The zero-order valence-electron chi connectivity index (χ0n) is 16.7. The number of carbonyl (C=O) groups is 1. The number of rotatable bonds is 5. The van der Waals surface area contributed by atoms with Crippen molar-refractivity contribution in [1.82, 2.24) is 15.1 Å². The quantitative estimate of drug-likeness (QED) is 0.879. The van der Waals surface area contributed by atoms with Crippen LogP contribution >= 0.6 is 0 Å². The Morgan fingerprint density at radius 2 is 1.88 bits per heavy atom. The van der Waals surface area contributed by atoms with Gasteiger partial charge in [0.2, 0.25) is 5.91 Å². The van der Waals surface area contributed by atoms with E-state index in [-0.39, 0.29) is 5.54 Å². The van der Waals surface area contributed by atoms with Gasteiger partial charge in [0.1, 0.15) is 0 Å². The molecule has 0 aromatic heterocycles. The Balaban J connectivity index is 1.53. The molecule has 0 saturated carbocycles. The number of benzene rings is 1. The Morgan fingerprint density at radius 3 is 2.54 bits per heavy atom. The fraction of sp³-hybridized carbons (Fsp3) is 0.682. The number of piperazine rings is 1. The molecule has 2 heterocycles. The molecule has 0 aliphatic carbocycles. The molecule has 0 spiro atoms. The summed E-state index contributed by atoms with van der Waals surface area (Å²) in [4.78, 5) is 17.5. The summed E-state index contributed by atoms with van der Waals surface area (Å²) in [5.74, 6) is 1.55. The lowest BCUT2D eigenvalue weighted by molar-refractivity contribution is -0.137. The van der Waals surface area contributed by atoms with Crippen LogP contribution < -0.4 is 5.32 Å². The zero-order chi connectivity index (χ0) is 18.6. The molecule has 1 atom stereocenters. The molecule has 1 N–H and O–H groups in total. The fourth-order valence-corrected chi connectivity index (χ4v) is 4.48. The van der Waals surface area contributed by atoms with E-state index in [1.165, 1.54) is 18.4 Å². The topological polar surface area (TPSA) is 35.6 Å². The first-order chi connectivity index (χ1) is 12.5. The molecule has 2 aliphatic rings. The summed E-state index contributed by atoms with van der Waals surface area (Å²) in [5, 5.41) is 3.42. The predicted octanol–water partition coefficient (Wildman–Crippen LogP) is 3.14. The van der Waals surface area contributed by atoms with Crippen molar-refractivity contribution in [1.29, 1.82) is 0 Å². The summed E-state index contributed by atoms with van der Waals surface area (Å²) >= 11 is 0. The molecule has 4 heteroatoms. The SMILES string of the molecule is CC(CC(=O)N1CCN(Cc2ccccc2)C(C)(C)C1)C1CCNCC1. The number of hydrogen-bond donors (Lipinski definition) is 1. The third-order valence-electron chi connectivity index (χ3n) is 6.33. The monoisotopic (exact) mass is 357 g/mol. The van der Waals surface area contributed by atoms with Crippen LogP contribution in [0.3, 0.4) is 0 Å². The lowest BCUT2D eigenvalue weighted by Crippen LogP contribution is -2.60. The van der Waals surface area contributed by atoms with Crippen LogP contribution in [-0.4, -0.2) is 54.0 Å². The molecule has 4 nitrogen and oxygen atoms in total. The molecule has 1 amide bonds. The first-order valence-electron chi connectivity index (χ1n) is 10.2. The molecule has 3 rings (SSSR count). The number of amides is 1. The minimum absolute atomic E-state index is 0.0156. The molecule has 2 fully saturated rings. The second kappa shape index (κ2) is 8.53. The van der Waals surface area contributed by atoms with Crippen molar-refractivity contribution in [2.75, 3.05) is 32.7 Å². The Kier molecular flexibility index (Phi) is 6.36. The number of nitrogens with zero attached hydrogens (tertiary/aromatic N) is 2. The molecule has 1 aromatic carbocycles. The van der Waals surface area contributed by atoms with Gasteiger partial charge in [-0.25, -0.2) is 0 Å². The standard InChI is InChI=1S/C22H35N3O/c1-18(20-9-11-23-12-10-20)15-21(26)24-13-14-25(22(2,3)17-24)16-19-7-5-4-6-8-19/h4-8,18,20,23H,9-17H2,1-3H3. The van der Waals surface area contributed by atoms with Crippen LogP contribution in [-0.2, 0) is 11.3 Å². The fourth-order valence-electron chi connectivity index (χ4n) is 4.48. The van der Waals surface area contributed by atoms with Crippen LogP contribution in [0, 0.1) is 11.8 Å². The number of nitrogens with one attached hydrogen (secondary N) is 1. The lowest BCUT2D eigenvalue weighted by atomic mass is 9.83. The summed E-state index contributed by atoms with van der Waals surface area (Å²) in [6, 6.07) is 10.6. The summed E-state index contributed by atoms with van der Waals surface area (Å²) in [7, 11) is 0. The average Bonchev–Trinajstić information content (AvgIpc) is 2.64. The van der Waals surface area contributed by atoms with E-state index < -0.39 is 0 Å². The molecule has 144 valence electrons. The Labute approximate surface area is 158 Å². The van der Waals surface area contributed by atoms with Gasteiger partial charge in [-0.3, -0.25) is 9.69 Å². The third-order valence-corrected chi connectivity index (χ3v) is 6.33. The first kappa shape index (κ1) is 19.4. The maximum atomic E-state index is 12.9. The third kappa shape index (κ3) is 4.86. The van der Waals surface area contributed by atoms with Crippen molar-refractivity contribution in [3.05, 3.63) is 35.9 Å². The summed E-state index contributed by atoms with van der Waals surface area (Å²) in [6.45, 7) is 12.6. The van der Waals surface area contributed by atoms with E-state index in [0.717, 1.165) is 39.3 Å². The van der Waals surface area contributed by atoms with Crippen molar-refractivity contribution < 1.29 is 4.79 Å². The molecule has 26 heavy (non-hydrogen) atoms. The second-order valence-electron chi connectivity index (χ2n) is 8.80. The average molecular weight is 358 g/mol. The summed E-state index contributed by atoms with van der Waals surface area (Å²) < 4.78 is 0. The van der Waals surface area contributed by atoms with Gasteiger partial charge in [0.25, 0.3) is 0 Å². The Hall–Kier alpha value is -1.39. The van der Waals surface area contributed by atoms with Crippen molar-refractivity contribution in [3.63, 3.8) is 0 Å². The molecule has 0 radical (unpaired) electrons. The molecule has 2 saturated heterocycles. The highest BCUT2D eigenvalue weighted by molar-refractivity contribution is 5.76. The van der Waals surface area contributed by atoms with E-state index in [4.69, 9.17) is 0 Å². The molecule has 0 bridgehead atoms. The van der Waals surface area contributed by atoms with Gasteiger partial charge >= 0.3 is 0 Å². The predicted molar refractivity (Wildman–Crippen MR) is 107 cm³/mol. The summed E-state index contributed by atoms with van der Waals surface area (Å²) in [5.41, 5.74) is 1.36. The van der Waals surface area contributed by atoms with E-state index in [0.29, 0.717) is 24.2 Å². The zero-order valence-corrected chi connectivity index (χ0v) is 16.7. The van der Waals surface area contributed by atoms with E-state index in [1.807, 2.05) is 0 Å². The van der Waals surface area contributed by atoms with Gasteiger partial charge in [0, 0.05) is 38.1 Å². The van der Waals surface area contributed by atoms with E-state index >= 15 is 0 Å². The molecule has 1 aromatic rings. The molecular formula is C22H35N3O. The largest absolute Gasteiger partial charge is 0.340 e. The molecule has 1 unspecified atom stereocenters. The van der Waals surface area contributed by atoms with Crippen LogP contribution in [0.5, 0.6) is 0 Å². The van der Waals surface area contributed by atoms with Crippen LogP contribution in [0.25, 0.3) is 0 Å². The molecular weight excluding hydrogens is 322 g/mol. The maximum Gasteiger partial charge on any atom is 0.222 e. The Morgan fingerprint density at radius 1 is 1.19 bits per heavy atom. The van der Waals surface area contributed by atoms with Crippen molar-refractivity contribution in [2.24, 2.45) is 11.8 Å². The van der Waals surface area contributed by atoms with Gasteiger partial charge in [0.05, 0.1) is 0 Å². The highest BCUT2D eigenvalue weighted by atomic mass is 16.2. The normalized spacial score (nSPS) is 23.0. The van der Waals surface area contributed by atoms with E-state index in [9.17, 15) is 4.79 Å². The minimum atomic E-state index is 0.0156.